The third-order valence-corrected chi connectivity index (χ3v) is 4.34. The number of hydrogen-bond acceptors (Lipinski definition) is 4. The second-order valence-electron chi connectivity index (χ2n) is 5.26. The van der Waals surface area contributed by atoms with Crippen molar-refractivity contribution in [1.29, 1.82) is 0 Å². The molecule has 2 rings (SSSR count). The summed E-state index contributed by atoms with van der Waals surface area (Å²) in [4.78, 5) is 0. The molecule has 1 atom stereocenters. The smallest absolute Gasteiger partial charge is 0.209 e. The maximum Gasteiger partial charge on any atom is 0.209 e. The van der Waals surface area contributed by atoms with Gasteiger partial charge in [0.2, 0.25) is 10.0 Å². The Morgan fingerprint density at radius 2 is 2.00 bits per heavy atom. The molecule has 0 spiro atoms. The Bertz CT molecular complexity index is 698. The summed E-state index contributed by atoms with van der Waals surface area (Å²) in [5.74, 6) is 1.38. The molecule has 0 saturated heterocycles. The van der Waals surface area contributed by atoms with Crippen LogP contribution >= 0.6 is 11.6 Å². The van der Waals surface area contributed by atoms with E-state index in [-0.39, 0.29) is 5.88 Å². The SMILES string of the molecule is COC1=C(OCc2ccccc2)CC(NS(C)(=O)=O)C=C1CCl. The molecule has 0 aliphatic heterocycles. The molecule has 23 heavy (non-hydrogen) atoms. The molecule has 1 aliphatic carbocycles. The van der Waals surface area contributed by atoms with E-state index in [9.17, 15) is 8.42 Å². The van der Waals surface area contributed by atoms with Gasteiger partial charge in [-0.15, -0.1) is 11.6 Å². The molecular weight excluding hydrogens is 338 g/mol. The number of methoxy groups -OCH3 is 1. The van der Waals surface area contributed by atoms with Crippen molar-refractivity contribution >= 4 is 21.6 Å². The maximum atomic E-state index is 11.5. The first-order valence-corrected chi connectivity index (χ1v) is 9.53. The van der Waals surface area contributed by atoms with Crippen LogP contribution in [0.25, 0.3) is 0 Å². The summed E-state index contributed by atoms with van der Waals surface area (Å²) in [6, 6.07) is 9.32. The summed E-state index contributed by atoms with van der Waals surface area (Å²) in [5, 5.41) is 0. The molecule has 1 aliphatic rings. The Morgan fingerprint density at radius 3 is 2.57 bits per heavy atom. The molecule has 0 amide bonds. The molecule has 0 aromatic heterocycles. The molecule has 5 nitrogen and oxygen atoms in total. The summed E-state index contributed by atoms with van der Waals surface area (Å²) < 4.78 is 36.8. The fourth-order valence-electron chi connectivity index (χ4n) is 2.42. The lowest BCUT2D eigenvalue weighted by atomic mass is 10.0. The first kappa shape index (κ1) is 17.8. The number of ether oxygens (including phenoxy) is 2. The molecule has 0 fully saturated rings. The Labute approximate surface area is 142 Å². The highest BCUT2D eigenvalue weighted by atomic mass is 35.5. The van der Waals surface area contributed by atoms with Gasteiger partial charge in [0, 0.05) is 18.0 Å². The predicted octanol–water partition coefficient (Wildman–Crippen LogP) is 2.55. The Hall–Kier alpha value is -1.50. The van der Waals surface area contributed by atoms with E-state index in [1.165, 1.54) is 0 Å². The van der Waals surface area contributed by atoms with Crippen molar-refractivity contribution in [3.63, 3.8) is 0 Å². The van der Waals surface area contributed by atoms with Gasteiger partial charge in [0.15, 0.2) is 5.76 Å². The fourth-order valence-corrected chi connectivity index (χ4v) is 3.33. The number of sulfonamides is 1. The van der Waals surface area contributed by atoms with Gasteiger partial charge in [0.05, 0.1) is 19.2 Å². The highest BCUT2D eigenvalue weighted by molar-refractivity contribution is 7.88. The summed E-state index contributed by atoms with van der Waals surface area (Å²) in [6.45, 7) is 0.379. The van der Waals surface area contributed by atoms with Crippen LogP contribution in [0.15, 0.2) is 53.5 Å². The van der Waals surface area contributed by atoms with Crippen LogP contribution in [0.5, 0.6) is 0 Å². The Morgan fingerprint density at radius 1 is 1.30 bits per heavy atom. The molecule has 0 bridgehead atoms. The van der Waals surface area contributed by atoms with Gasteiger partial charge in [0.1, 0.15) is 12.4 Å². The van der Waals surface area contributed by atoms with Crippen molar-refractivity contribution in [3.8, 4) is 0 Å². The number of nitrogens with one attached hydrogen (secondary N) is 1. The van der Waals surface area contributed by atoms with Crippen molar-refractivity contribution in [3.05, 3.63) is 59.1 Å². The Balaban J connectivity index is 2.18. The van der Waals surface area contributed by atoms with Gasteiger partial charge in [-0.2, -0.15) is 0 Å². The van der Waals surface area contributed by atoms with Gasteiger partial charge < -0.3 is 9.47 Å². The zero-order valence-corrected chi connectivity index (χ0v) is 14.7. The Kier molecular flexibility index (Phi) is 6.10. The molecule has 126 valence electrons. The van der Waals surface area contributed by atoms with Gasteiger partial charge in [-0.05, 0) is 5.56 Å². The molecule has 1 unspecified atom stereocenters. The molecule has 0 radical (unpaired) electrons. The molecule has 7 heteroatoms. The number of hydrogen-bond donors (Lipinski definition) is 1. The highest BCUT2D eigenvalue weighted by Crippen LogP contribution is 2.28. The second kappa shape index (κ2) is 7.86. The number of alkyl halides is 1. The number of rotatable bonds is 7. The summed E-state index contributed by atoms with van der Waals surface area (Å²) >= 11 is 5.96. The van der Waals surface area contributed by atoms with E-state index in [1.807, 2.05) is 30.3 Å². The molecular formula is C16H20ClNO4S. The average molecular weight is 358 g/mol. The largest absolute Gasteiger partial charge is 0.493 e. The van der Waals surface area contributed by atoms with Gasteiger partial charge in [-0.25, -0.2) is 13.1 Å². The fraction of sp³-hybridized carbons (Fsp3) is 0.375. The molecule has 1 aromatic rings. The standard InChI is InChI=1S/C16H20ClNO4S/c1-21-16-13(10-17)8-14(18-23(2,19)20)9-15(16)22-11-12-6-4-3-5-7-12/h3-8,14,18H,9-11H2,1-2H3. The van der Waals surface area contributed by atoms with Crippen molar-refractivity contribution in [2.45, 2.75) is 19.1 Å². The monoisotopic (exact) mass is 357 g/mol. The lowest BCUT2D eigenvalue weighted by molar-refractivity contribution is 0.155. The first-order valence-electron chi connectivity index (χ1n) is 7.11. The van der Waals surface area contributed by atoms with Crippen LogP contribution < -0.4 is 4.72 Å². The van der Waals surface area contributed by atoms with Gasteiger partial charge in [0.25, 0.3) is 0 Å². The molecule has 1 aromatic carbocycles. The van der Waals surface area contributed by atoms with Crippen LogP contribution in [0.4, 0.5) is 0 Å². The van der Waals surface area contributed by atoms with E-state index < -0.39 is 16.1 Å². The minimum absolute atomic E-state index is 0.212. The van der Waals surface area contributed by atoms with Gasteiger partial charge in [-0.1, -0.05) is 36.4 Å². The molecule has 0 heterocycles. The van der Waals surface area contributed by atoms with Gasteiger partial charge in [-0.3, -0.25) is 0 Å². The van der Waals surface area contributed by atoms with Crippen LogP contribution in [0.2, 0.25) is 0 Å². The molecule has 0 saturated carbocycles. The third kappa shape index (κ3) is 5.27. The lowest BCUT2D eigenvalue weighted by Crippen LogP contribution is -2.35. The van der Waals surface area contributed by atoms with Gasteiger partial charge >= 0.3 is 0 Å². The van der Waals surface area contributed by atoms with Crippen LogP contribution in [0.1, 0.15) is 12.0 Å². The van der Waals surface area contributed by atoms with E-state index in [4.69, 9.17) is 21.1 Å². The second-order valence-corrected chi connectivity index (χ2v) is 7.30. The summed E-state index contributed by atoms with van der Waals surface area (Å²) in [7, 11) is -1.78. The number of benzene rings is 1. The van der Waals surface area contributed by atoms with Crippen LogP contribution in [0.3, 0.4) is 0 Å². The first-order chi connectivity index (χ1) is 10.9. The maximum absolute atomic E-state index is 11.5. The lowest BCUT2D eigenvalue weighted by Gasteiger charge is -2.25. The topological polar surface area (TPSA) is 64.6 Å². The quantitative estimate of drug-likeness (QED) is 0.762. The van der Waals surface area contributed by atoms with E-state index in [0.29, 0.717) is 30.1 Å². The van der Waals surface area contributed by atoms with Crippen molar-refractivity contribution in [1.82, 2.24) is 4.72 Å². The van der Waals surface area contributed by atoms with Crippen LogP contribution in [0, 0.1) is 0 Å². The van der Waals surface area contributed by atoms with E-state index >= 15 is 0 Å². The third-order valence-electron chi connectivity index (χ3n) is 3.32. The molecule has 1 N–H and O–H groups in total. The minimum Gasteiger partial charge on any atom is -0.493 e. The predicted molar refractivity (Wildman–Crippen MR) is 90.5 cm³/mol. The normalized spacial score (nSPS) is 18.6. The number of allylic oxidation sites excluding steroid dienone is 1. The van der Waals surface area contributed by atoms with Crippen molar-refractivity contribution in [2.24, 2.45) is 0 Å². The van der Waals surface area contributed by atoms with Crippen molar-refractivity contribution in [2.75, 3.05) is 19.2 Å². The van der Waals surface area contributed by atoms with Crippen LogP contribution in [-0.4, -0.2) is 33.7 Å². The summed E-state index contributed by atoms with van der Waals surface area (Å²) in [6.07, 6.45) is 3.27. The minimum atomic E-state index is -3.33. The summed E-state index contributed by atoms with van der Waals surface area (Å²) in [5.41, 5.74) is 1.73. The zero-order valence-electron chi connectivity index (χ0n) is 13.1. The average Bonchev–Trinajstić information content (AvgIpc) is 2.51. The highest BCUT2D eigenvalue weighted by Gasteiger charge is 2.26. The van der Waals surface area contributed by atoms with E-state index in [0.717, 1.165) is 11.8 Å². The van der Waals surface area contributed by atoms with E-state index in [2.05, 4.69) is 4.72 Å². The zero-order chi connectivity index (χ0) is 16.9. The van der Waals surface area contributed by atoms with Crippen molar-refractivity contribution < 1.29 is 17.9 Å². The number of halogens is 1. The van der Waals surface area contributed by atoms with Crippen LogP contribution in [-0.2, 0) is 26.1 Å². The van der Waals surface area contributed by atoms with E-state index in [1.54, 1.807) is 13.2 Å².